The van der Waals surface area contributed by atoms with Crippen molar-refractivity contribution in [3.8, 4) is 0 Å². The van der Waals surface area contributed by atoms with E-state index in [9.17, 15) is 8.42 Å². The molecule has 1 saturated carbocycles. The second-order valence-corrected chi connectivity index (χ2v) is 8.00. The summed E-state index contributed by atoms with van der Waals surface area (Å²) in [6, 6.07) is 0. The third kappa shape index (κ3) is 3.49. The highest BCUT2D eigenvalue weighted by Gasteiger charge is 2.34. The summed E-state index contributed by atoms with van der Waals surface area (Å²) in [7, 11) is -3.52. The highest BCUT2D eigenvalue weighted by molar-refractivity contribution is 7.89. The van der Waals surface area contributed by atoms with Crippen LogP contribution in [0.3, 0.4) is 0 Å². The predicted octanol–water partition coefficient (Wildman–Crippen LogP) is 2.47. The minimum Gasteiger partial charge on any atom is -0.465 e. The lowest BCUT2D eigenvalue weighted by Gasteiger charge is -2.38. The fourth-order valence-electron chi connectivity index (χ4n) is 2.81. The van der Waals surface area contributed by atoms with Gasteiger partial charge in [-0.2, -0.15) is 0 Å². The van der Waals surface area contributed by atoms with Gasteiger partial charge in [-0.05, 0) is 38.6 Å². The van der Waals surface area contributed by atoms with Gasteiger partial charge in [0.15, 0.2) is 0 Å². The maximum absolute atomic E-state index is 12.6. The Morgan fingerprint density at radius 2 is 1.90 bits per heavy atom. The molecule has 1 fully saturated rings. The zero-order valence-electron chi connectivity index (χ0n) is 13.4. The van der Waals surface area contributed by atoms with E-state index in [1.807, 2.05) is 13.8 Å². The third-order valence-corrected chi connectivity index (χ3v) is 5.99. The third-order valence-electron chi connectivity index (χ3n) is 4.40. The molecule has 5 nitrogen and oxygen atoms in total. The van der Waals surface area contributed by atoms with Crippen LogP contribution in [-0.4, -0.2) is 21.5 Å². The van der Waals surface area contributed by atoms with E-state index in [0.29, 0.717) is 29.5 Å². The van der Waals surface area contributed by atoms with Crippen LogP contribution in [0.4, 0.5) is 0 Å². The van der Waals surface area contributed by atoms with Gasteiger partial charge in [-0.15, -0.1) is 0 Å². The van der Waals surface area contributed by atoms with Gasteiger partial charge >= 0.3 is 0 Å². The number of nitrogens with one attached hydrogen (secondary N) is 2. The lowest BCUT2D eigenvalue weighted by Crippen LogP contribution is -2.40. The average Bonchev–Trinajstić information content (AvgIpc) is 2.66. The summed E-state index contributed by atoms with van der Waals surface area (Å²) in [5.41, 5.74) is 0.849. The van der Waals surface area contributed by atoms with Crippen LogP contribution in [-0.2, 0) is 16.6 Å². The average molecular weight is 314 g/mol. The monoisotopic (exact) mass is 314 g/mol. The van der Waals surface area contributed by atoms with Crippen molar-refractivity contribution in [2.45, 2.75) is 58.4 Å². The highest BCUT2D eigenvalue weighted by Crippen LogP contribution is 2.40. The first-order chi connectivity index (χ1) is 9.79. The molecule has 1 aliphatic carbocycles. The molecule has 0 bridgehead atoms. The maximum atomic E-state index is 12.6. The number of rotatable bonds is 7. The zero-order chi connectivity index (χ0) is 15.7. The van der Waals surface area contributed by atoms with E-state index in [-0.39, 0.29) is 5.41 Å². The summed E-state index contributed by atoms with van der Waals surface area (Å²) in [5.74, 6) is 1.13. The SMILES string of the molecule is CCNCc1c(C)oc(C)c1S(=O)(=O)NCC1(C)CCC1. The van der Waals surface area contributed by atoms with E-state index in [1.54, 1.807) is 6.92 Å². The van der Waals surface area contributed by atoms with Crippen molar-refractivity contribution in [3.05, 3.63) is 17.1 Å². The van der Waals surface area contributed by atoms with Crippen LogP contribution in [0.5, 0.6) is 0 Å². The molecule has 6 heteroatoms. The van der Waals surface area contributed by atoms with E-state index in [4.69, 9.17) is 4.42 Å². The minimum atomic E-state index is -3.52. The zero-order valence-corrected chi connectivity index (χ0v) is 14.2. The van der Waals surface area contributed by atoms with Crippen LogP contribution in [0.1, 0.15) is 50.2 Å². The highest BCUT2D eigenvalue weighted by atomic mass is 32.2. The summed E-state index contributed by atoms with van der Waals surface area (Å²) >= 11 is 0. The predicted molar refractivity (Wildman–Crippen MR) is 82.7 cm³/mol. The van der Waals surface area contributed by atoms with Crippen LogP contribution < -0.4 is 10.0 Å². The van der Waals surface area contributed by atoms with Crippen LogP contribution in [0.15, 0.2) is 9.31 Å². The van der Waals surface area contributed by atoms with Gasteiger partial charge in [-0.25, -0.2) is 13.1 Å². The second-order valence-electron chi connectivity index (χ2n) is 6.29. The van der Waals surface area contributed by atoms with Gasteiger partial charge in [0.25, 0.3) is 0 Å². The number of furan rings is 1. The smallest absolute Gasteiger partial charge is 0.244 e. The lowest BCUT2D eigenvalue weighted by molar-refractivity contribution is 0.166. The van der Waals surface area contributed by atoms with Gasteiger partial charge < -0.3 is 9.73 Å². The number of sulfonamides is 1. The Labute approximate surface area is 127 Å². The van der Waals surface area contributed by atoms with Crippen molar-refractivity contribution >= 4 is 10.0 Å². The van der Waals surface area contributed by atoms with Crippen molar-refractivity contribution in [3.63, 3.8) is 0 Å². The molecular formula is C15H26N2O3S. The van der Waals surface area contributed by atoms with Gasteiger partial charge in [0.05, 0.1) is 0 Å². The maximum Gasteiger partial charge on any atom is 0.244 e. The molecule has 0 atom stereocenters. The van der Waals surface area contributed by atoms with E-state index in [0.717, 1.165) is 24.9 Å². The summed E-state index contributed by atoms with van der Waals surface area (Å²) in [4.78, 5) is 0.309. The normalized spacial score (nSPS) is 17.7. The molecule has 1 heterocycles. The second kappa shape index (κ2) is 6.10. The van der Waals surface area contributed by atoms with E-state index in [2.05, 4.69) is 17.0 Å². The standard InChI is InChI=1S/C15H26N2O3S/c1-5-16-9-13-11(2)20-12(3)14(13)21(18,19)17-10-15(4)7-6-8-15/h16-17H,5-10H2,1-4H3. The van der Waals surface area contributed by atoms with Crippen molar-refractivity contribution < 1.29 is 12.8 Å². The molecule has 0 aliphatic heterocycles. The van der Waals surface area contributed by atoms with Crippen molar-refractivity contribution in [2.75, 3.05) is 13.1 Å². The number of hydrogen-bond acceptors (Lipinski definition) is 4. The molecule has 120 valence electrons. The topological polar surface area (TPSA) is 71.3 Å². The quantitative estimate of drug-likeness (QED) is 0.811. The fourth-order valence-corrected chi connectivity index (χ4v) is 4.46. The van der Waals surface area contributed by atoms with Crippen LogP contribution in [0.2, 0.25) is 0 Å². The Morgan fingerprint density at radius 1 is 1.24 bits per heavy atom. The fraction of sp³-hybridized carbons (Fsp3) is 0.733. The molecule has 0 radical (unpaired) electrons. The van der Waals surface area contributed by atoms with E-state index >= 15 is 0 Å². The van der Waals surface area contributed by atoms with Crippen LogP contribution in [0.25, 0.3) is 0 Å². The summed E-state index contributed by atoms with van der Waals surface area (Å²) in [6.07, 6.45) is 3.36. The Bertz CT molecular complexity index is 601. The van der Waals surface area contributed by atoms with Gasteiger partial charge in [0.1, 0.15) is 16.4 Å². The number of aryl methyl sites for hydroxylation is 2. The molecule has 0 unspecified atom stereocenters. The molecule has 0 spiro atoms. The lowest BCUT2D eigenvalue weighted by atomic mass is 9.71. The Kier molecular flexibility index (Phi) is 4.80. The first-order valence-corrected chi connectivity index (χ1v) is 9.06. The molecular weight excluding hydrogens is 288 g/mol. The largest absolute Gasteiger partial charge is 0.465 e. The Hall–Kier alpha value is -0.850. The van der Waals surface area contributed by atoms with E-state index in [1.165, 1.54) is 6.42 Å². The molecule has 0 aromatic carbocycles. The van der Waals surface area contributed by atoms with Crippen molar-refractivity contribution in [2.24, 2.45) is 5.41 Å². The molecule has 0 amide bonds. The molecule has 21 heavy (non-hydrogen) atoms. The molecule has 0 saturated heterocycles. The van der Waals surface area contributed by atoms with E-state index < -0.39 is 10.0 Å². The first kappa shape index (κ1) is 16.5. The van der Waals surface area contributed by atoms with Gasteiger partial charge in [-0.3, -0.25) is 0 Å². The van der Waals surface area contributed by atoms with Gasteiger partial charge in [0, 0.05) is 18.7 Å². The van der Waals surface area contributed by atoms with Crippen molar-refractivity contribution in [1.29, 1.82) is 0 Å². The van der Waals surface area contributed by atoms with Crippen molar-refractivity contribution in [1.82, 2.24) is 10.0 Å². The first-order valence-electron chi connectivity index (χ1n) is 7.58. The van der Waals surface area contributed by atoms with Crippen LogP contribution in [0, 0.1) is 19.3 Å². The van der Waals surface area contributed by atoms with Gasteiger partial charge in [-0.1, -0.05) is 20.3 Å². The minimum absolute atomic E-state index is 0.113. The molecule has 1 aliphatic rings. The molecule has 1 aromatic rings. The molecule has 2 rings (SSSR count). The molecule has 2 N–H and O–H groups in total. The summed E-state index contributed by atoms with van der Waals surface area (Å²) in [6.45, 7) is 9.44. The van der Waals surface area contributed by atoms with Gasteiger partial charge in [0.2, 0.25) is 10.0 Å². The summed E-state index contributed by atoms with van der Waals surface area (Å²) in [5, 5.41) is 3.17. The van der Waals surface area contributed by atoms with Crippen LogP contribution >= 0.6 is 0 Å². The summed E-state index contributed by atoms with van der Waals surface area (Å²) < 4.78 is 33.6. The Morgan fingerprint density at radius 3 is 2.43 bits per heavy atom. The number of hydrogen-bond donors (Lipinski definition) is 2. The Balaban J connectivity index is 2.22. The molecule has 1 aromatic heterocycles.